The summed E-state index contributed by atoms with van der Waals surface area (Å²) in [5.74, 6) is -0.747. The highest BCUT2D eigenvalue weighted by Crippen LogP contribution is 2.24. The first-order chi connectivity index (χ1) is 11.0. The Hall–Kier alpha value is -3.15. The molecule has 6 heteroatoms. The first-order valence-corrected chi connectivity index (χ1v) is 6.96. The molecule has 0 aliphatic rings. The van der Waals surface area contributed by atoms with Crippen LogP contribution in [0.15, 0.2) is 48.5 Å². The number of carbonyl (C=O) groups excluding carboxylic acids is 1. The van der Waals surface area contributed by atoms with Crippen molar-refractivity contribution in [3.63, 3.8) is 0 Å². The number of nitrogens with one attached hydrogen (secondary N) is 2. The number of aromatic hydroxyl groups is 1. The highest BCUT2D eigenvalue weighted by atomic mass is 19.1. The molecule has 3 aromatic rings. The summed E-state index contributed by atoms with van der Waals surface area (Å²) in [5.41, 5.74) is 1.88. The fourth-order valence-corrected chi connectivity index (χ4v) is 2.22. The number of para-hydroxylation sites is 1. The molecule has 0 saturated heterocycles. The van der Waals surface area contributed by atoms with Crippen LogP contribution >= 0.6 is 0 Å². The molecular formula is C17H14FN3O2. The second kappa shape index (κ2) is 5.92. The predicted octanol–water partition coefficient (Wildman–Crippen LogP) is 3.48. The molecule has 0 atom stereocenters. The van der Waals surface area contributed by atoms with Crippen molar-refractivity contribution in [2.24, 2.45) is 0 Å². The Morgan fingerprint density at radius 2 is 2.00 bits per heavy atom. The van der Waals surface area contributed by atoms with Crippen molar-refractivity contribution in [1.82, 2.24) is 10.2 Å². The van der Waals surface area contributed by atoms with Crippen molar-refractivity contribution in [1.29, 1.82) is 0 Å². The molecule has 5 nitrogen and oxygen atoms in total. The van der Waals surface area contributed by atoms with Crippen LogP contribution in [0.25, 0.3) is 11.3 Å². The predicted molar refractivity (Wildman–Crippen MR) is 84.8 cm³/mol. The number of phenols is 1. The zero-order chi connectivity index (χ0) is 16.4. The maximum absolute atomic E-state index is 13.9. The van der Waals surface area contributed by atoms with E-state index in [1.165, 1.54) is 24.3 Å². The molecule has 1 amide bonds. The number of nitrogens with zero attached hydrogens (tertiary/aromatic N) is 1. The topological polar surface area (TPSA) is 78.0 Å². The molecule has 23 heavy (non-hydrogen) atoms. The summed E-state index contributed by atoms with van der Waals surface area (Å²) in [5, 5.41) is 18.9. The number of benzene rings is 2. The number of halogens is 1. The average Bonchev–Trinajstić information content (AvgIpc) is 2.98. The molecule has 1 heterocycles. The number of rotatable bonds is 3. The van der Waals surface area contributed by atoms with Crippen LogP contribution in [-0.2, 0) is 0 Å². The van der Waals surface area contributed by atoms with E-state index >= 15 is 0 Å². The summed E-state index contributed by atoms with van der Waals surface area (Å²) in [7, 11) is 0. The lowest BCUT2D eigenvalue weighted by molar-refractivity contribution is 0.102. The van der Waals surface area contributed by atoms with Gasteiger partial charge in [0, 0.05) is 11.6 Å². The number of hydrogen-bond donors (Lipinski definition) is 3. The molecule has 0 fully saturated rings. The summed E-state index contributed by atoms with van der Waals surface area (Å²) in [4.78, 5) is 12.1. The van der Waals surface area contributed by atoms with Crippen molar-refractivity contribution in [2.75, 3.05) is 5.32 Å². The highest BCUT2D eigenvalue weighted by molar-refractivity contribution is 6.05. The largest absolute Gasteiger partial charge is 0.507 e. The van der Waals surface area contributed by atoms with Gasteiger partial charge in [-0.1, -0.05) is 23.8 Å². The Morgan fingerprint density at radius 3 is 2.78 bits per heavy atom. The van der Waals surface area contributed by atoms with E-state index in [1.54, 1.807) is 24.3 Å². The fourth-order valence-electron chi connectivity index (χ4n) is 2.22. The monoisotopic (exact) mass is 311 g/mol. The third-order valence-electron chi connectivity index (χ3n) is 3.38. The number of phenolic OH excluding ortho intramolecular Hbond substituents is 1. The number of amides is 1. The van der Waals surface area contributed by atoms with E-state index in [1.807, 2.05) is 6.92 Å². The Morgan fingerprint density at radius 1 is 1.22 bits per heavy atom. The number of hydrogen-bond acceptors (Lipinski definition) is 3. The second-order valence-electron chi connectivity index (χ2n) is 5.12. The van der Waals surface area contributed by atoms with Crippen LogP contribution in [0.5, 0.6) is 5.75 Å². The maximum atomic E-state index is 13.9. The Bertz CT molecular complexity index is 874. The molecule has 3 N–H and O–H groups in total. The number of aromatic nitrogens is 2. The Balaban J connectivity index is 1.84. The molecule has 1 aromatic heterocycles. The molecule has 0 radical (unpaired) electrons. The van der Waals surface area contributed by atoms with E-state index in [-0.39, 0.29) is 22.9 Å². The van der Waals surface area contributed by atoms with Gasteiger partial charge in [-0.3, -0.25) is 9.89 Å². The van der Waals surface area contributed by atoms with Gasteiger partial charge in [0.05, 0.1) is 11.3 Å². The van der Waals surface area contributed by atoms with Crippen LogP contribution in [-0.4, -0.2) is 21.2 Å². The van der Waals surface area contributed by atoms with Gasteiger partial charge in [0.15, 0.2) is 5.82 Å². The Kier molecular flexibility index (Phi) is 3.80. The second-order valence-corrected chi connectivity index (χ2v) is 5.12. The minimum absolute atomic E-state index is 0.120. The molecule has 0 aliphatic heterocycles. The van der Waals surface area contributed by atoms with Crippen LogP contribution in [0.2, 0.25) is 0 Å². The van der Waals surface area contributed by atoms with Crippen LogP contribution < -0.4 is 5.32 Å². The molecule has 0 unspecified atom stereocenters. The lowest BCUT2D eigenvalue weighted by atomic mass is 10.1. The summed E-state index contributed by atoms with van der Waals surface area (Å²) < 4.78 is 13.9. The molecule has 116 valence electrons. The first-order valence-electron chi connectivity index (χ1n) is 6.96. The number of anilines is 1. The van der Waals surface area contributed by atoms with Crippen molar-refractivity contribution in [3.05, 3.63) is 65.5 Å². The van der Waals surface area contributed by atoms with Gasteiger partial charge in [0.25, 0.3) is 5.91 Å². The summed E-state index contributed by atoms with van der Waals surface area (Å²) in [6, 6.07) is 12.5. The van der Waals surface area contributed by atoms with Crippen LogP contribution in [0.3, 0.4) is 0 Å². The van der Waals surface area contributed by atoms with Gasteiger partial charge in [-0.05, 0) is 31.2 Å². The summed E-state index contributed by atoms with van der Waals surface area (Å²) in [6.07, 6.45) is 0. The van der Waals surface area contributed by atoms with Gasteiger partial charge in [-0.25, -0.2) is 4.39 Å². The zero-order valence-electron chi connectivity index (χ0n) is 12.3. The van der Waals surface area contributed by atoms with E-state index in [9.17, 15) is 14.3 Å². The summed E-state index contributed by atoms with van der Waals surface area (Å²) >= 11 is 0. The van der Waals surface area contributed by atoms with E-state index in [2.05, 4.69) is 15.5 Å². The van der Waals surface area contributed by atoms with E-state index in [0.717, 1.165) is 5.56 Å². The zero-order valence-corrected chi connectivity index (χ0v) is 12.3. The number of aromatic amines is 1. The standard InChI is InChI=1S/C17H14FN3O2/c1-10-6-7-13(18)12(8-10)14-9-16(21-20-14)19-17(23)11-4-2-3-5-15(11)22/h2-9,22H,1H3,(H2,19,20,21,23). The maximum Gasteiger partial charge on any atom is 0.260 e. The molecule has 0 aliphatic carbocycles. The van der Waals surface area contributed by atoms with Crippen molar-refractivity contribution in [3.8, 4) is 17.0 Å². The molecule has 0 bridgehead atoms. The molecule has 2 aromatic carbocycles. The minimum Gasteiger partial charge on any atom is -0.507 e. The van der Waals surface area contributed by atoms with E-state index in [0.29, 0.717) is 11.3 Å². The van der Waals surface area contributed by atoms with E-state index < -0.39 is 5.91 Å². The number of aryl methyl sites for hydroxylation is 1. The minimum atomic E-state index is -0.495. The SMILES string of the molecule is Cc1ccc(F)c(-c2cc(NC(=O)c3ccccc3O)n[nH]2)c1. The van der Waals surface area contributed by atoms with E-state index in [4.69, 9.17) is 0 Å². The third-order valence-corrected chi connectivity index (χ3v) is 3.38. The molecular weight excluding hydrogens is 297 g/mol. The van der Waals surface area contributed by atoms with Crippen LogP contribution in [0.4, 0.5) is 10.2 Å². The van der Waals surface area contributed by atoms with Gasteiger partial charge in [-0.2, -0.15) is 5.10 Å². The van der Waals surface area contributed by atoms with Gasteiger partial charge in [0.2, 0.25) is 0 Å². The molecule has 3 rings (SSSR count). The smallest absolute Gasteiger partial charge is 0.260 e. The molecule has 0 saturated carbocycles. The van der Waals surface area contributed by atoms with Crippen molar-refractivity contribution in [2.45, 2.75) is 6.92 Å². The average molecular weight is 311 g/mol. The van der Waals surface area contributed by atoms with Crippen LogP contribution in [0, 0.1) is 12.7 Å². The fraction of sp³-hybridized carbons (Fsp3) is 0.0588. The molecule has 0 spiro atoms. The lowest BCUT2D eigenvalue weighted by Crippen LogP contribution is -2.12. The van der Waals surface area contributed by atoms with Gasteiger partial charge < -0.3 is 10.4 Å². The lowest BCUT2D eigenvalue weighted by Gasteiger charge is -2.03. The van der Waals surface area contributed by atoms with Gasteiger partial charge in [0.1, 0.15) is 11.6 Å². The van der Waals surface area contributed by atoms with Gasteiger partial charge in [-0.15, -0.1) is 0 Å². The quantitative estimate of drug-likeness (QED) is 0.693. The van der Waals surface area contributed by atoms with Crippen molar-refractivity contribution >= 4 is 11.7 Å². The Labute approximate surface area is 131 Å². The number of H-pyrrole nitrogens is 1. The van der Waals surface area contributed by atoms with Crippen LogP contribution in [0.1, 0.15) is 15.9 Å². The van der Waals surface area contributed by atoms with Gasteiger partial charge >= 0.3 is 0 Å². The number of carbonyl (C=O) groups is 1. The highest BCUT2D eigenvalue weighted by Gasteiger charge is 2.14. The normalized spacial score (nSPS) is 10.5. The summed E-state index contributed by atoms with van der Waals surface area (Å²) in [6.45, 7) is 1.86. The first kappa shape index (κ1) is 14.8. The third kappa shape index (κ3) is 3.06. The van der Waals surface area contributed by atoms with Crippen molar-refractivity contribution < 1.29 is 14.3 Å².